The first kappa shape index (κ1) is 12.1. The summed E-state index contributed by atoms with van der Waals surface area (Å²) in [6.45, 7) is 1.99. The second kappa shape index (κ2) is 4.96. The summed E-state index contributed by atoms with van der Waals surface area (Å²) in [7, 11) is 0. The molecule has 0 fully saturated rings. The third kappa shape index (κ3) is 2.30. The number of para-hydroxylation sites is 1. The monoisotopic (exact) mass is 286 g/mol. The number of benzene rings is 1. The summed E-state index contributed by atoms with van der Waals surface area (Å²) >= 11 is 3.10. The molecule has 0 atom stereocenters. The Morgan fingerprint density at radius 2 is 2.37 bits per heavy atom. The zero-order valence-corrected chi connectivity index (χ0v) is 11.7. The summed E-state index contributed by atoms with van der Waals surface area (Å²) in [6.07, 6.45) is 1.73. The van der Waals surface area contributed by atoms with E-state index in [2.05, 4.69) is 20.8 Å². The number of aromatic amines is 1. The molecule has 0 aliphatic heterocycles. The van der Waals surface area contributed by atoms with Crippen LogP contribution in [-0.2, 0) is 0 Å². The normalized spacial score (nSPS) is 10.5. The van der Waals surface area contributed by atoms with Crippen molar-refractivity contribution in [2.45, 2.75) is 11.9 Å². The van der Waals surface area contributed by atoms with Crippen LogP contribution in [0.3, 0.4) is 0 Å². The molecule has 0 radical (unpaired) electrons. The summed E-state index contributed by atoms with van der Waals surface area (Å²) < 4.78 is 3.27. The fourth-order valence-corrected chi connectivity index (χ4v) is 3.27. The molecule has 0 amide bonds. The van der Waals surface area contributed by atoms with Crippen LogP contribution < -0.4 is 4.72 Å². The fourth-order valence-electron chi connectivity index (χ4n) is 1.83. The number of H-pyrrole nitrogens is 1. The van der Waals surface area contributed by atoms with Crippen molar-refractivity contribution >= 4 is 39.9 Å². The molecule has 4 nitrogen and oxygen atoms in total. The fraction of sp³-hybridized carbons (Fsp3) is 0.0769. The lowest BCUT2D eigenvalue weighted by atomic mass is 10.2. The molecule has 0 saturated carbocycles. The summed E-state index contributed by atoms with van der Waals surface area (Å²) in [4.78, 5) is 7.52. The molecule has 1 aromatic carbocycles. The van der Waals surface area contributed by atoms with Crippen LogP contribution in [0.25, 0.3) is 10.9 Å². The average molecular weight is 286 g/mol. The number of hydrogen-bond donors (Lipinski definition) is 2. The first-order valence-electron chi connectivity index (χ1n) is 5.63. The van der Waals surface area contributed by atoms with Gasteiger partial charge in [-0.05, 0) is 13.0 Å². The maximum atomic E-state index is 9.02. The first-order chi connectivity index (χ1) is 9.28. The van der Waals surface area contributed by atoms with Crippen molar-refractivity contribution in [3.63, 3.8) is 0 Å². The lowest BCUT2D eigenvalue weighted by Gasteiger charge is -2.04. The highest BCUT2D eigenvalue weighted by atomic mass is 32.2. The van der Waals surface area contributed by atoms with E-state index in [0.717, 1.165) is 26.6 Å². The van der Waals surface area contributed by atoms with Crippen molar-refractivity contribution in [3.05, 3.63) is 40.3 Å². The first-order valence-corrected chi connectivity index (χ1v) is 7.33. The Kier molecular flexibility index (Phi) is 3.15. The van der Waals surface area contributed by atoms with Crippen molar-refractivity contribution in [2.75, 3.05) is 4.72 Å². The topological polar surface area (TPSA) is 64.5 Å². The Morgan fingerprint density at radius 1 is 1.47 bits per heavy atom. The summed E-state index contributed by atoms with van der Waals surface area (Å²) in [5.41, 5.74) is 2.56. The van der Waals surface area contributed by atoms with E-state index in [4.69, 9.17) is 5.26 Å². The highest BCUT2D eigenvalue weighted by Crippen LogP contribution is 2.29. The molecule has 0 spiro atoms. The van der Waals surface area contributed by atoms with Crippen LogP contribution in [0, 0.1) is 18.3 Å². The summed E-state index contributed by atoms with van der Waals surface area (Å²) in [5.74, 6) is 0. The van der Waals surface area contributed by atoms with Gasteiger partial charge in [-0.1, -0.05) is 12.1 Å². The van der Waals surface area contributed by atoms with Gasteiger partial charge in [0.15, 0.2) is 0 Å². The molecule has 3 rings (SSSR count). The van der Waals surface area contributed by atoms with Crippen LogP contribution in [0.15, 0.2) is 34.8 Å². The predicted octanol–water partition coefficient (Wildman–Crippen LogP) is 3.92. The molecule has 19 heavy (non-hydrogen) atoms. The number of nitriles is 1. The van der Waals surface area contributed by atoms with Crippen LogP contribution >= 0.6 is 23.3 Å². The maximum Gasteiger partial charge on any atom is 0.128 e. The molecule has 0 saturated heterocycles. The molecule has 2 aromatic heterocycles. The van der Waals surface area contributed by atoms with Crippen molar-refractivity contribution < 1.29 is 0 Å². The van der Waals surface area contributed by atoms with Crippen molar-refractivity contribution in [3.8, 4) is 6.07 Å². The van der Waals surface area contributed by atoms with Crippen molar-refractivity contribution in [1.29, 1.82) is 5.26 Å². The van der Waals surface area contributed by atoms with E-state index in [0.29, 0.717) is 5.56 Å². The van der Waals surface area contributed by atoms with Gasteiger partial charge in [0.1, 0.15) is 11.1 Å². The molecule has 2 heterocycles. The van der Waals surface area contributed by atoms with E-state index in [1.54, 1.807) is 17.5 Å². The number of nitrogens with zero attached hydrogens (tertiary/aromatic N) is 2. The third-order valence-electron chi connectivity index (χ3n) is 2.70. The van der Waals surface area contributed by atoms with Gasteiger partial charge in [0.25, 0.3) is 0 Å². The molecule has 0 bridgehead atoms. The number of rotatable bonds is 3. The third-order valence-corrected chi connectivity index (χ3v) is 4.36. The minimum atomic E-state index is 0.660. The van der Waals surface area contributed by atoms with Crippen LogP contribution in [0.5, 0.6) is 0 Å². The average Bonchev–Trinajstić information content (AvgIpc) is 3.02. The second-order valence-electron chi connectivity index (χ2n) is 3.95. The lowest BCUT2D eigenvalue weighted by Crippen LogP contribution is -1.88. The van der Waals surface area contributed by atoms with E-state index >= 15 is 0 Å². The van der Waals surface area contributed by atoms with Gasteiger partial charge < -0.3 is 9.71 Å². The van der Waals surface area contributed by atoms with E-state index in [-0.39, 0.29) is 0 Å². The predicted molar refractivity (Wildman–Crippen MR) is 79.3 cm³/mol. The van der Waals surface area contributed by atoms with E-state index in [1.807, 2.05) is 30.5 Å². The Labute approximate surface area is 118 Å². The Balaban J connectivity index is 1.89. The number of hydrogen-bond acceptors (Lipinski definition) is 5. The van der Waals surface area contributed by atoms with Gasteiger partial charge in [-0.2, -0.15) is 5.26 Å². The molecular formula is C13H10N4S2. The standard InChI is InChI=1S/C13H10N4S2/c1-8-16-12(7-18-8)19-17-11-4-2-3-10-9(5-14)6-15-13(10)11/h2-4,6-7,15,17H,1H3. The van der Waals surface area contributed by atoms with Crippen LogP contribution in [0.2, 0.25) is 0 Å². The van der Waals surface area contributed by atoms with Crippen LogP contribution in [-0.4, -0.2) is 9.97 Å². The zero-order chi connectivity index (χ0) is 13.2. The summed E-state index contributed by atoms with van der Waals surface area (Å²) in [5, 5.41) is 14.0. The Morgan fingerprint density at radius 3 is 3.11 bits per heavy atom. The van der Waals surface area contributed by atoms with E-state index in [9.17, 15) is 0 Å². The largest absolute Gasteiger partial charge is 0.358 e. The molecule has 2 N–H and O–H groups in total. The van der Waals surface area contributed by atoms with Gasteiger partial charge in [0, 0.05) is 28.9 Å². The van der Waals surface area contributed by atoms with Gasteiger partial charge in [-0.3, -0.25) is 0 Å². The lowest BCUT2D eigenvalue weighted by molar-refractivity contribution is 1.15. The summed E-state index contributed by atoms with van der Waals surface area (Å²) in [6, 6.07) is 8.03. The molecule has 6 heteroatoms. The van der Waals surface area contributed by atoms with Gasteiger partial charge >= 0.3 is 0 Å². The van der Waals surface area contributed by atoms with Gasteiger partial charge in [0.05, 0.1) is 21.8 Å². The Bertz CT molecular complexity index is 766. The van der Waals surface area contributed by atoms with Crippen LogP contribution in [0.4, 0.5) is 5.69 Å². The van der Waals surface area contributed by atoms with Gasteiger partial charge in [-0.25, -0.2) is 4.98 Å². The minimum Gasteiger partial charge on any atom is -0.358 e. The molecular weight excluding hydrogens is 276 g/mol. The number of aryl methyl sites for hydroxylation is 1. The molecule has 94 valence electrons. The smallest absolute Gasteiger partial charge is 0.128 e. The highest BCUT2D eigenvalue weighted by molar-refractivity contribution is 8.00. The molecule has 3 aromatic rings. The molecule has 0 unspecified atom stereocenters. The highest BCUT2D eigenvalue weighted by Gasteiger charge is 2.07. The zero-order valence-electron chi connectivity index (χ0n) is 10.1. The Hall–Kier alpha value is -1.97. The number of anilines is 1. The van der Waals surface area contributed by atoms with Crippen LogP contribution in [0.1, 0.15) is 10.6 Å². The number of thiazole rings is 1. The second-order valence-corrected chi connectivity index (χ2v) is 5.84. The van der Waals surface area contributed by atoms with Crippen molar-refractivity contribution in [2.24, 2.45) is 0 Å². The van der Waals surface area contributed by atoms with Crippen molar-refractivity contribution in [1.82, 2.24) is 9.97 Å². The number of fused-ring (bicyclic) bond motifs is 1. The minimum absolute atomic E-state index is 0.660. The van der Waals surface area contributed by atoms with Gasteiger partial charge in [0.2, 0.25) is 0 Å². The SMILES string of the molecule is Cc1nc(SNc2cccc3c(C#N)c[nH]c23)cs1. The van der Waals surface area contributed by atoms with E-state index < -0.39 is 0 Å². The molecule has 0 aliphatic carbocycles. The number of nitrogens with one attached hydrogen (secondary N) is 2. The quantitative estimate of drug-likeness (QED) is 0.716. The number of aromatic nitrogens is 2. The van der Waals surface area contributed by atoms with E-state index in [1.165, 1.54) is 11.9 Å². The maximum absolute atomic E-state index is 9.02. The van der Waals surface area contributed by atoms with Gasteiger partial charge in [-0.15, -0.1) is 11.3 Å². The molecule has 0 aliphatic rings.